The van der Waals surface area contributed by atoms with Crippen LogP contribution in [0.15, 0.2) is 97.1 Å². The third-order valence-electron chi connectivity index (χ3n) is 4.94. The number of hydrogen-bond donors (Lipinski definition) is 0. The van der Waals surface area contributed by atoms with Crippen molar-refractivity contribution in [3.05, 3.63) is 103 Å². The molecule has 4 aromatic carbocycles. The van der Waals surface area contributed by atoms with Gasteiger partial charge in [-0.05, 0) is 57.7 Å². The lowest BCUT2D eigenvalue weighted by molar-refractivity contribution is 1.63. The van der Waals surface area contributed by atoms with Crippen LogP contribution >= 0.6 is 0 Å². The molecule has 0 radical (unpaired) electrons. The van der Waals surface area contributed by atoms with E-state index in [1.54, 1.807) is 0 Å². The first kappa shape index (κ1) is 16.4. The molecule has 4 aromatic rings. The van der Waals surface area contributed by atoms with Crippen LogP contribution in [0.5, 0.6) is 0 Å². The Bertz CT molecular complexity index is 1070. The number of allylic oxidation sites excluding steroid dienone is 4. The van der Waals surface area contributed by atoms with Gasteiger partial charge in [-0.25, -0.2) is 0 Å². The van der Waals surface area contributed by atoms with Gasteiger partial charge in [0.05, 0.1) is 0 Å². The second kappa shape index (κ2) is 7.01. The summed E-state index contributed by atoms with van der Waals surface area (Å²) in [7, 11) is 0. The molecule has 0 atom stereocenters. The van der Waals surface area contributed by atoms with E-state index < -0.39 is 0 Å². The van der Waals surface area contributed by atoms with Crippen molar-refractivity contribution in [2.75, 3.05) is 0 Å². The lowest BCUT2D eigenvalue weighted by Crippen LogP contribution is -1.92. The van der Waals surface area contributed by atoms with Gasteiger partial charge in [-0.1, -0.05) is 97.1 Å². The van der Waals surface area contributed by atoms with Gasteiger partial charge in [0.15, 0.2) is 0 Å². The quantitative estimate of drug-likeness (QED) is 0.267. The van der Waals surface area contributed by atoms with E-state index in [-0.39, 0.29) is 0 Å². The molecule has 0 nitrogen and oxygen atoms in total. The molecule has 0 aliphatic rings. The minimum absolute atomic E-state index is 1.26. The minimum atomic E-state index is 1.26. The first-order valence-corrected chi connectivity index (χ1v) is 9.13. The molecule has 0 amide bonds. The van der Waals surface area contributed by atoms with Crippen molar-refractivity contribution in [1.29, 1.82) is 0 Å². The maximum Gasteiger partial charge on any atom is -0.00264 e. The first-order chi connectivity index (χ1) is 12.8. The second-order valence-corrected chi connectivity index (χ2v) is 6.45. The molecule has 0 fully saturated rings. The molecule has 0 aliphatic carbocycles. The van der Waals surface area contributed by atoms with E-state index in [9.17, 15) is 0 Å². The van der Waals surface area contributed by atoms with Crippen LogP contribution < -0.4 is 0 Å². The molecule has 0 saturated heterocycles. The standard InChI is InChI=1S/C26H22/c1-3-12-19(4-2)25-21-15-8-10-17-23(21)26(20-13-6-5-7-14-20)24-18-11-9-16-22(24)25/h3-18H,1-2H3/b12-3-,19-4+. The molecule has 0 heteroatoms. The third-order valence-corrected chi connectivity index (χ3v) is 4.94. The van der Waals surface area contributed by atoms with Gasteiger partial charge in [-0.3, -0.25) is 0 Å². The second-order valence-electron chi connectivity index (χ2n) is 6.45. The Hall–Kier alpha value is -3.12. The van der Waals surface area contributed by atoms with Gasteiger partial charge in [0.1, 0.15) is 0 Å². The van der Waals surface area contributed by atoms with Crippen molar-refractivity contribution in [1.82, 2.24) is 0 Å². The molecule has 26 heavy (non-hydrogen) atoms. The Kier molecular flexibility index (Phi) is 4.41. The van der Waals surface area contributed by atoms with Gasteiger partial charge in [0.25, 0.3) is 0 Å². The zero-order valence-electron chi connectivity index (χ0n) is 15.2. The summed E-state index contributed by atoms with van der Waals surface area (Å²) in [6.45, 7) is 4.19. The van der Waals surface area contributed by atoms with Gasteiger partial charge in [0, 0.05) is 0 Å². The van der Waals surface area contributed by atoms with E-state index in [2.05, 4.69) is 111 Å². The molecule has 0 bridgehead atoms. The average Bonchev–Trinajstić information content (AvgIpc) is 2.71. The SMILES string of the molecule is C/C=C\C(=C/C)c1c2ccccc2c(-c2ccccc2)c2ccccc12. The minimum Gasteiger partial charge on any atom is -0.0871 e. The van der Waals surface area contributed by atoms with Gasteiger partial charge < -0.3 is 0 Å². The monoisotopic (exact) mass is 334 g/mol. The lowest BCUT2D eigenvalue weighted by Gasteiger charge is -2.18. The highest BCUT2D eigenvalue weighted by Crippen LogP contribution is 2.41. The van der Waals surface area contributed by atoms with Crippen molar-refractivity contribution in [3.63, 3.8) is 0 Å². The van der Waals surface area contributed by atoms with Crippen LogP contribution in [0, 0.1) is 0 Å². The highest BCUT2D eigenvalue weighted by molar-refractivity contribution is 6.19. The lowest BCUT2D eigenvalue weighted by atomic mass is 9.85. The van der Waals surface area contributed by atoms with Crippen LogP contribution in [-0.4, -0.2) is 0 Å². The van der Waals surface area contributed by atoms with Crippen LogP contribution in [0.2, 0.25) is 0 Å². The Balaban J connectivity index is 2.25. The molecule has 0 unspecified atom stereocenters. The van der Waals surface area contributed by atoms with E-state index in [0.29, 0.717) is 0 Å². The summed E-state index contributed by atoms with van der Waals surface area (Å²) in [5, 5.41) is 5.21. The highest BCUT2D eigenvalue weighted by atomic mass is 14.2. The fourth-order valence-electron chi connectivity index (χ4n) is 3.86. The highest BCUT2D eigenvalue weighted by Gasteiger charge is 2.15. The topological polar surface area (TPSA) is 0 Å². The Morgan fingerprint density at radius 3 is 1.62 bits per heavy atom. The molecule has 0 saturated carbocycles. The number of hydrogen-bond acceptors (Lipinski definition) is 0. The predicted molar refractivity (Wildman–Crippen MR) is 115 cm³/mol. The molecule has 0 heterocycles. The molecular formula is C26H22. The van der Waals surface area contributed by atoms with Crippen LogP contribution in [0.1, 0.15) is 19.4 Å². The van der Waals surface area contributed by atoms with E-state index in [1.807, 2.05) is 0 Å². The summed E-state index contributed by atoms with van der Waals surface area (Å²) in [5.41, 5.74) is 5.16. The van der Waals surface area contributed by atoms with Crippen LogP contribution in [-0.2, 0) is 0 Å². The fraction of sp³-hybridized carbons (Fsp3) is 0.0769. The van der Waals surface area contributed by atoms with Crippen LogP contribution in [0.25, 0.3) is 38.2 Å². The smallest absolute Gasteiger partial charge is 0.00264 e. The number of benzene rings is 4. The summed E-state index contributed by atoms with van der Waals surface area (Å²) < 4.78 is 0. The summed E-state index contributed by atoms with van der Waals surface area (Å²) in [4.78, 5) is 0. The fourth-order valence-corrected chi connectivity index (χ4v) is 3.86. The van der Waals surface area contributed by atoms with Gasteiger partial charge in [0.2, 0.25) is 0 Å². The average molecular weight is 334 g/mol. The summed E-state index contributed by atoms with van der Waals surface area (Å²) in [6.07, 6.45) is 6.52. The molecule has 0 N–H and O–H groups in total. The molecule has 0 aliphatic heterocycles. The normalized spacial score (nSPS) is 12.3. The van der Waals surface area contributed by atoms with Crippen LogP contribution in [0.4, 0.5) is 0 Å². The zero-order valence-corrected chi connectivity index (χ0v) is 15.2. The zero-order chi connectivity index (χ0) is 17.9. The summed E-state index contributed by atoms with van der Waals surface area (Å²) in [5.74, 6) is 0. The number of rotatable bonds is 3. The van der Waals surface area contributed by atoms with Crippen molar-refractivity contribution >= 4 is 27.1 Å². The number of fused-ring (bicyclic) bond motifs is 2. The van der Waals surface area contributed by atoms with Crippen molar-refractivity contribution in [3.8, 4) is 11.1 Å². The predicted octanol–water partition coefficient (Wildman–Crippen LogP) is 7.64. The van der Waals surface area contributed by atoms with E-state index in [1.165, 1.54) is 43.8 Å². The van der Waals surface area contributed by atoms with Crippen molar-refractivity contribution < 1.29 is 0 Å². The Morgan fingerprint density at radius 1 is 0.615 bits per heavy atom. The van der Waals surface area contributed by atoms with E-state index in [4.69, 9.17) is 0 Å². The van der Waals surface area contributed by atoms with E-state index >= 15 is 0 Å². The van der Waals surface area contributed by atoms with Gasteiger partial charge in [-0.2, -0.15) is 0 Å². The molecular weight excluding hydrogens is 312 g/mol. The summed E-state index contributed by atoms with van der Waals surface area (Å²) >= 11 is 0. The maximum atomic E-state index is 2.25. The Morgan fingerprint density at radius 2 is 1.12 bits per heavy atom. The van der Waals surface area contributed by atoms with Gasteiger partial charge >= 0.3 is 0 Å². The van der Waals surface area contributed by atoms with Crippen molar-refractivity contribution in [2.24, 2.45) is 0 Å². The molecule has 0 aromatic heterocycles. The maximum absolute atomic E-state index is 2.25. The van der Waals surface area contributed by atoms with E-state index in [0.717, 1.165) is 0 Å². The third kappa shape index (κ3) is 2.64. The Labute approximate surface area is 155 Å². The largest absolute Gasteiger partial charge is 0.0871 e. The van der Waals surface area contributed by atoms with Crippen molar-refractivity contribution in [2.45, 2.75) is 13.8 Å². The summed E-state index contributed by atoms with van der Waals surface area (Å²) in [6, 6.07) is 28.3. The molecule has 4 rings (SSSR count). The van der Waals surface area contributed by atoms with Gasteiger partial charge in [-0.15, -0.1) is 0 Å². The van der Waals surface area contributed by atoms with Crippen LogP contribution in [0.3, 0.4) is 0 Å². The molecule has 0 spiro atoms. The first-order valence-electron chi connectivity index (χ1n) is 9.13. The molecule has 126 valence electrons.